The van der Waals surface area contributed by atoms with Crippen molar-refractivity contribution >= 4 is 23.4 Å². The van der Waals surface area contributed by atoms with Crippen molar-refractivity contribution in [3.8, 4) is 5.75 Å². The molecule has 1 N–H and O–H groups in total. The van der Waals surface area contributed by atoms with Crippen LogP contribution in [-0.2, 0) is 9.59 Å². The molecule has 2 heterocycles. The number of rotatable bonds is 5. The number of ether oxygens (including phenoxy) is 1. The van der Waals surface area contributed by atoms with Crippen LogP contribution < -0.4 is 15.0 Å². The van der Waals surface area contributed by atoms with Crippen LogP contribution in [0.15, 0.2) is 42.5 Å². The highest BCUT2D eigenvalue weighted by Crippen LogP contribution is 2.43. The molecule has 3 aliphatic rings. The average molecular weight is 530 g/mol. The van der Waals surface area contributed by atoms with Crippen molar-refractivity contribution in [1.29, 1.82) is 0 Å². The number of para-hydroxylation sites is 2. The van der Waals surface area contributed by atoms with Gasteiger partial charge < -0.3 is 19.9 Å². The Labute approximate surface area is 218 Å². The largest absolute Gasteiger partial charge is 0.573 e. The monoisotopic (exact) mass is 529 g/mol. The van der Waals surface area contributed by atoms with Gasteiger partial charge in [-0.3, -0.25) is 14.4 Å². The molecule has 5 rings (SSSR count). The molecule has 202 valence electrons. The normalized spacial score (nSPS) is 25.0. The van der Waals surface area contributed by atoms with Crippen LogP contribution in [0.2, 0.25) is 0 Å². The molecule has 10 heteroatoms. The summed E-state index contributed by atoms with van der Waals surface area (Å²) < 4.78 is 42.7. The number of alkyl halides is 3. The summed E-state index contributed by atoms with van der Waals surface area (Å²) in [5.74, 6) is -1.92. The molecular weight excluding hydrogens is 499 g/mol. The van der Waals surface area contributed by atoms with Gasteiger partial charge in [0.25, 0.3) is 5.91 Å². The van der Waals surface area contributed by atoms with Gasteiger partial charge in [-0.15, -0.1) is 13.2 Å². The Hall–Kier alpha value is -3.56. The second kappa shape index (κ2) is 9.63. The summed E-state index contributed by atoms with van der Waals surface area (Å²) in [5, 5.41) is 2.97. The lowest BCUT2D eigenvalue weighted by Crippen LogP contribution is -2.55. The van der Waals surface area contributed by atoms with E-state index in [4.69, 9.17) is 0 Å². The summed E-state index contributed by atoms with van der Waals surface area (Å²) in [6.45, 7) is 4.60. The number of hydrogen-bond donors (Lipinski definition) is 1. The molecule has 0 spiro atoms. The summed E-state index contributed by atoms with van der Waals surface area (Å²) in [6.07, 6.45) is -2.24. The number of nitrogens with one attached hydrogen (secondary N) is 1. The van der Waals surface area contributed by atoms with Crippen LogP contribution in [0.4, 0.5) is 18.9 Å². The van der Waals surface area contributed by atoms with Gasteiger partial charge >= 0.3 is 6.36 Å². The highest BCUT2D eigenvalue weighted by molar-refractivity contribution is 6.01. The van der Waals surface area contributed by atoms with E-state index in [2.05, 4.69) is 10.1 Å². The number of hydrogen-bond acceptors (Lipinski definition) is 4. The molecule has 3 atom stereocenters. The van der Waals surface area contributed by atoms with E-state index < -0.39 is 29.5 Å². The average Bonchev–Trinajstić information content (AvgIpc) is 3.51. The van der Waals surface area contributed by atoms with E-state index in [0.717, 1.165) is 29.3 Å². The van der Waals surface area contributed by atoms with Crippen LogP contribution in [0.3, 0.4) is 0 Å². The van der Waals surface area contributed by atoms with Crippen LogP contribution in [0.25, 0.3) is 0 Å². The summed E-state index contributed by atoms with van der Waals surface area (Å²) in [6, 6.07) is 10.8. The Bertz CT molecular complexity index is 1260. The standard InChI is InChI=1S/C28H30F3N3O4/c1-17-7-5-8-18(2)24(17)34-16-19(15-23(34)35)26(37)33-14-13-27(12-6-11-22(27)33)32-25(36)20-9-3-4-10-21(20)38-28(29,30)31/h3-5,7-10,19,22H,6,11-16H2,1-2H3,(H,32,36)/t19?,22-,27+/m0/s1. The van der Waals surface area contributed by atoms with Crippen molar-refractivity contribution in [3.63, 3.8) is 0 Å². The number of carbonyl (C=O) groups is 3. The molecule has 0 aromatic heterocycles. The quantitative estimate of drug-likeness (QED) is 0.619. The molecule has 1 aliphatic carbocycles. The maximum atomic E-state index is 13.7. The zero-order valence-electron chi connectivity index (χ0n) is 21.3. The minimum Gasteiger partial charge on any atom is -0.405 e. The van der Waals surface area contributed by atoms with Crippen molar-refractivity contribution < 1.29 is 32.3 Å². The molecule has 0 bridgehead atoms. The summed E-state index contributed by atoms with van der Waals surface area (Å²) in [7, 11) is 0. The van der Waals surface area contributed by atoms with Gasteiger partial charge in [0.2, 0.25) is 11.8 Å². The fourth-order valence-electron chi connectivity index (χ4n) is 6.46. The third-order valence-electron chi connectivity index (χ3n) is 8.10. The van der Waals surface area contributed by atoms with Gasteiger partial charge in [-0.1, -0.05) is 30.3 Å². The maximum Gasteiger partial charge on any atom is 0.573 e. The molecule has 1 unspecified atom stereocenters. The predicted molar refractivity (Wildman–Crippen MR) is 134 cm³/mol. The highest BCUT2D eigenvalue weighted by Gasteiger charge is 2.54. The first kappa shape index (κ1) is 26.1. The Morgan fingerprint density at radius 3 is 2.47 bits per heavy atom. The SMILES string of the molecule is Cc1cccc(C)c1N1CC(C(=O)N2CC[C@]3(NC(=O)c4ccccc4OC(F)(F)F)CCC[C@H]23)CC1=O. The first-order valence-electron chi connectivity index (χ1n) is 12.8. The number of anilines is 1. The molecule has 3 fully saturated rings. The Kier molecular flexibility index (Phi) is 6.61. The van der Waals surface area contributed by atoms with E-state index in [9.17, 15) is 27.6 Å². The van der Waals surface area contributed by atoms with Crippen LogP contribution in [0.1, 0.15) is 53.6 Å². The maximum absolute atomic E-state index is 13.7. The van der Waals surface area contributed by atoms with Crippen molar-refractivity contribution in [2.24, 2.45) is 5.92 Å². The van der Waals surface area contributed by atoms with E-state index in [1.807, 2.05) is 32.0 Å². The second-order valence-corrected chi connectivity index (χ2v) is 10.5. The molecule has 3 amide bonds. The minimum atomic E-state index is -4.93. The molecule has 2 aromatic carbocycles. The van der Waals surface area contributed by atoms with Crippen molar-refractivity contribution in [2.45, 2.75) is 63.9 Å². The van der Waals surface area contributed by atoms with E-state index in [-0.39, 0.29) is 29.8 Å². The lowest BCUT2D eigenvalue weighted by atomic mass is 9.92. The number of halogens is 3. The first-order valence-corrected chi connectivity index (χ1v) is 12.8. The number of aryl methyl sites for hydroxylation is 2. The Morgan fingerprint density at radius 1 is 1.05 bits per heavy atom. The van der Waals surface area contributed by atoms with Crippen LogP contribution in [-0.4, -0.2) is 53.7 Å². The second-order valence-electron chi connectivity index (χ2n) is 10.5. The lowest BCUT2D eigenvalue weighted by molar-refractivity contribution is -0.274. The number of fused-ring (bicyclic) bond motifs is 1. The van der Waals surface area contributed by atoms with Crippen LogP contribution >= 0.6 is 0 Å². The molecule has 2 aliphatic heterocycles. The number of benzene rings is 2. The summed E-state index contributed by atoms with van der Waals surface area (Å²) in [4.78, 5) is 43.3. The Morgan fingerprint density at radius 2 is 1.76 bits per heavy atom. The summed E-state index contributed by atoms with van der Waals surface area (Å²) >= 11 is 0. The fourth-order valence-corrected chi connectivity index (χ4v) is 6.46. The molecule has 2 aromatic rings. The molecular formula is C28H30F3N3O4. The fraction of sp³-hybridized carbons (Fsp3) is 0.464. The number of carbonyl (C=O) groups excluding carboxylic acids is 3. The van der Waals surface area contributed by atoms with Gasteiger partial charge in [-0.05, 0) is 62.8 Å². The van der Waals surface area contributed by atoms with Crippen LogP contribution in [0.5, 0.6) is 5.75 Å². The van der Waals surface area contributed by atoms with E-state index >= 15 is 0 Å². The highest BCUT2D eigenvalue weighted by atomic mass is 19.4. The first-order chi connectivity index (χ1) is 18.0. The van der Waals surface area contributed by atoms with E-state index in [1.54, 1.807) is 9.80 Å². The molecule has 0 radical (unpaired) electrons. The van der Waals surface area contributed by atoms with Gasteiger partial charge in [0.05, 0.1) is 23.1 Å². The Balaban J connectivity index is 1.32. The third-order valence-corrected chi connectivity index (χ3v) is 8.10. The molecule has 38 heavy (non-hydrogen) atoms. The van der Waals surface area contributed by atoms with Gasteiger partial charge in [-0.25, -0.2) is 0 Å². The van der Waals surface area contributed by atoms with E-state index in [1.165, 1.54) is 18.2 Å². The zero-order chi connectivity index (χ0) is 27.2. The molecule has 7 nitrogen and oxygen atoms in total. The van der Waals surface area contributed by atoms with Gasteiger partial charge in [0.15, 0.2) is 0 Å². The van der Waals surface area contributed by atoms with Crippen molar-refractivity contribution in [1.82, 2.24) is 10.2 Å². The number of amides is 3. The lowest BCUT2D eigenvalue weighted by Gasteiger charge is -2.34. The van der Waals surface area contributed by atoms with Gasteiger partial charge in [-0.2, -0.15) is 0 Å². The number of nitrogens with zero attached hydrogens (tertiary/aromatic N) is 2. The molecule has 1 saturated carbocycles. The predicted octanol–water partition coefficient (Wildman–Crippen LogP) is 4.51. The van der Waals surface area contributed by atoms with E-state index in [0.29, 0.717) is 32.4 Å². The molecule has 2 saturated heterocycles. The van der Waals surface area contributed by atoms with Crippen LogP contribution in [0, 0.1) is 19.8 Å². The van der Waals surface area contributed by atoms with Gasteiger partial charge in [0, 0.05) is 25.2 Å². The van der Waals surface area contributed by atoms with Crippen molar-refractivity contribution in [2.75, 3.05) is 18.0 Å². The smallest absolute Gasteiger partial charge is 0.405 e. The zero-order valence-corrected chi connectivity index (χ0v) is 21.3. The summed E-state index contributed by atoms with van der Waals surface area (Å²) in [5.41, 5.74) is 1.85. The minimum absolute atomic E-state index is 0.0905. The number of likely N-dealkylation sites (tertiary alicyclic amines) is 1. The third kappa shape index (κ3) is 4.72. The van der Waals surface area contributed by atoms with Crippen molar-refractivity contribution in [3.05, 3.63) is 59.2 Å². The van der Waals surface area contributed by atoms with Gasteiger partial charge in [0.1, 0.15) is 5.75 Å². The topological polar surface area (TPSA) is 79.0 Å².